The first-order valence-electron chi connectivity index (χ1n) is 6.31. The number of aryl methyl sites for hydroxylation is 2. The number of nitrogens with two attached hydrogens (primary N) is 1. The van der Waals surface area contributed by atoms with Crippen molar-refractivity contribution in [1.82, 2.24) is 0 Å². The van der Waals surface area contributed by atoms with Gasteiger partial charge in [-0.15, -0.1) is 22.7 Å². The molecule has 2 aromatic rings. The van der Waals surface area contributed by atoms with Crippen LogP contribution >= 0.6 is 34.4 Å². The van der Waals surface area contributed by atoms with Gasteiger partial charge in [0.2, 0.25) is 0 Å². The van der Waals surface area contributed by atoms with Crippen molar-refractivity contribution in [2.45, 2.75) is 31.6 Å². The zero-order valence-corrected chi connectivity index (χ0v) is 12.9. The molecule has 3 rings (SSSR count). The van der Waals surface area contributed by atoms with Gasteiger partial charge in [0.15, 0.2) is 0 Å². The summed E-state index contributed by atoms with van der Waals surface area (Å²) in [5.41, 5.74) is 7.93. The fourth-order valence-corrected chi connectivity index (χ4v) is 5.66. The normalized spacial score (nSPS) is 16.6. The van der Waals surface area contributed by atoms with E-state index in [1.54, 1.807) is 4.88 Å². The van der Waals surface area contributed by atoms with Crippen LogP contribution in [0.3, 0.4) is 0 Å². The molecule has 0 spiro atoms. The number of hydrogen-bond donors (Lipinski definition) is 1. The van der Waals surface area contributed by atoms with Gasteiger partial charge in [-0.3, -0.25) is 0 Å². The third-order valence-electron chi connectivity index (χ3n) is 3.29. The summed E-state index contributed by atoms with van der Waals surface area (Å²) < 4.78 is 0. The fourth-order valence-electron chi connectivity index (χ4n) is 2.22. The molecule has 3 heterocycles. The molecule has 0 aromatic carbocycles. The molecule has 0 aliphatic carbocycles. The first-order valence-corrected chi connectivity index (χ1v) is 9.10. The van der Waals surface area contributed by atoms with Crippen molar-refractivity contribution in [3.63, 3.8) is 0 Å². The van der Waals surface area contributed by atoms with Gasteiger partial charge in [0.05, 0.1) is 6.04 Å². The number of fused-ring (bicyclic) bond motifs is 1. The molecule has 0 fully saturated rings. The van der Waals surface area contributed by atoms with E-state index in [1.165, 1.54) is 38.1 Å². The van der Waals surface area contributed by atoms with E-state index in [1.807, 2.05) is 34.4 Å². The topological polar surface area (TPSA) is 26.0 Å². The molecule has 2 aromatic heterocycles. The summed E-state index contributed by atoms with van der Waals surface area (Å²) in [4.78, 5) is 5.63. The third-order valence-corrected chi connectivity index (χ3v) is 6.93. The highest BCUT2D eigenvalue weighted by Crippen LogP contribution is 2.37. The third kappa shape index (κ3) is 2.39. The Morgan fingerprint density at radius 3 is 2.89 bits per heavy atom. The lowest BCUT2D eigenvalue weighted by Gasteiger charge is -2.08. The Bertz CT molecular complexity index is 517. The van der Waals surface area contributed by atoms with Gasteiger partial charge in [-0.1, -0.05) is 6.92 Å². The molecule has 1 unspecified atom stereocenters. The SMILES string of the molecule is CCc1ccc(C(N)c2cc3c(s2)CCSC3)s1. The van der Waals surface area contributed by atoms with Gasteiger partial charge in [-0.2, -0.15) is 11.8 Å². The van der Waals surface area contributed by atoms with Gasteiger partial charge in [0.25, 0.3) is 0 Å². The van der Waals surface area contributed by atoms with E-state index < -0.39 is 0 Å². The Balaban J connectivity index is 1.87. The van der Waals surface area contributed by atoms with Gasteiger partial charge < -0.3 is 5.73 Å². The minimum absolute atomic E-state index is 0.0795. The lowest BCUT2D eigenvalue weighted by molar-refractivity contribution is 0.916. The predicted octanol–water partition coefficient (Wildman–Crippen LogP) is 4.21. The maximum atomic E-state index is 6.41. The summed E-state index contributed by atoms with van der Waals surface area (Å²) >= 11 is 5.82. The van der Waals surface area contributed by atoms with Crippen LogP contribution in [-0.4, -0.2) is 5.75 Å². The highest BCUT2D eigenvalue weighted by atomic mass is 32.2. The number of thioether (sulfide) groups is 1. The summed E-state index contributed by atoms with van der Waals surface area (Å²) in [6.45, 7) is 2.20. The minimum atomic E-state index is 0.0795. The van der Waals surface area contributed by atoms with Gasteiger partial charge in [-0.05, 0) is 42.4 Å². The average Bonchev–Trinajstić information content (AvgIpc) is 3.04. The van der Waals surface area contributed by atoms with Gasteiger partial charge in [0, 0.05) is 25.3 Å². The standard InChI is InChI=1S/C14H17NS3/c1-2-10-3-4-12(17-10)14(15)13-7-9-8-16-6-5-11(9)18-13/h3-4,7,14H,2,5-6,8,15H2,1H3. The van der Waals surface area contributed by atoms with Crippen LogP contribution in [0, 0.1) is 0 Å². The quantitative estimate of drug-likeness (QED) is 0.918. The van der Waals surface area contributed by atoms with Crippen LogP contribution in [0.15, 0.2) is 18.2 Å². The monoisotopic (exact) mass is 295 g/mol. The number of thiophene rings is 2. The molecule has 1 atom stereocenters. The van der Waals surface area contributed by atoms with Gasteiger partial charge in [0.1, 0.15) is 0 Å². The molecule has 0 bridgehead atoms. The van der Waals surface area contributed by atoms with Crippen molar-refractivity contribution >= 4 is 34.4 Å². The van der Waals surface area contributed by atoms with Crippen molar-refractivity contribution in [1.29, 1.82) is 0 Å². The molecule has 2 N–H and O–H groups in total. The maximum Gasteiger partial charge on any atom is 0.0740 e. The Kier molecular flexibility index (Phi) is 3.80. The van der Waals surface area contributed by atoms with Crippen LogP contribution in [0.4, 0.5) is 0 Å². The molecule has 0 radical (unpaired) electrons. The molecular weight excluding hydrogens is 278 g/mol. The van der Waals surface area contributed by atoms with E-state index in [0.29, 0.717) is 0 Å². The highest BCUT2D eigenvalue weighted by molar-refractivity contribution is 7.98. The smallest absolute Gasteiger partial charge is 0.0740 e. The van der Waals surface area contributed by atoms with E-state index in [9.17, 15) is 0 Å². The van der Waals surface area contributed by atoms with E-state index in [2.05, 4.69) is 25.1 Å². The maximum absolute atomic E-state index is 6.41. The van der Waals surface area contributed by atoms with Crippen LogP contribution in [0.25, 0.3) is 0 Å². The van der Waals surface area contributed by atoms with Gasteiger partial charge >= 0.3 is 0 Å². The first-order chi connectivity index (χ1) is 8.78. The van der Waals surface area contributed by atoms with E-state index in [0.717, 1.165) is 6.42 Å². The molecule has 18 heavy (non-hydrogen) atoms. The summed E-state index contributed by atoms with van der Waals surface area (Å²) in [5.74, 6) is 2.43. The molecule has 1 nitrogen and oxygen atoms in total. The van der Waals surface area contributed by atoms with Gasteiger partial charge in [-0.25, -0.2) is 0 Å². The lowest BCUT2D eigenvalue weighted by Crippen LogP contribution is -2.08. The van der Waals surface area contributed by atoms with Crippen LogP contribution in [0.2, 0.25) is 0 Å². The lowest BCUT2D eigenvalue weighted by atomic mass is 10.1. The second kappa shape index (κ2) is 5.37. The first kappa shape index (κ1) is 12.7. The fraction of sp³-hybridized carbons (Fsp3) is 0.429. The highest BCUT2D eigenvalue weighted by Gasteiger charge is 2.19. The Morgan fingerprint density at radius 2 is 2.17 bits per heavy atom. The Hall–Kier alpha value is -0.290. The molecule has 0 amide bonds. The Labute approximate surface area is 120 Å². The summed E-state index contributed by atoms with van der Waals surface area (Å²) in [6, 6.07) is 6.82. The summed E-state index contributed by atoms with van der Waals surface area (Å²) in [5, 5.41) is 0. The zero-order chi connectivity index (χ0) is 12.5. The van der Waals surface area contributed by atoms with E-state index in [-0.39, 0.29) is 6.04 Å². The van der Waals surface area contributed by atoms with Crippen LogP contribution in [0.5, 0.6) is 0 Å². The van der Waals surface area contributed by atoms with Crippen molar-refractivity contribution in [3.8, 4) is 0 Å². The molecule has 0 saturated carbocycles. The van der Waals surface area contributed by atoms with Crippen molar-refractivity contribution in [3.05, 3.63) is 43.3 Å². The van der Waals surface area contributed by atoms with Crippen molar-refractivity contribution in [2.24, 2.45) is 5.73 Å². The molecule has 1 aliphatic heterocycles. The largest absolute Gasteiger partial charge is 0.319 e. The minimum Gasteiger partial charge on any atom is -0.319 e. The van der Waals surface area contributed by atoms with Crippen LogP contribution in [0.1, 0.15) is 38.0 Å². The molecule has 96 valence electrons. The van der Waals surface area contributed by atoms with Crippen molar-refractivity contribution in [2.75, 3.05) is 5.75 Å². The predicted molar refractivity (Wildman–Crippen MR) is 83.9 cm³/mol. The summed E-state index contributed by atoms with van der Waals surface area (Å²) in [6.07, 6.45) is 2.33. The van der Waals surface area contributed by atoms with Crippen molar-refractivity contribution < 1.29 is 0 Å². The second-order valence-corrected chi connectivity index (χ2v) is 8.01. The molecular formula is C14H17NS3. The number of hydrogen-bond acceptors (Lipinski definition) is 4. The van der Waals surface area contributed by atoms with Crippen LogP contribution in [-0.2, 0) is 18.6 Å². The second-order valence-electron chi connectivity index (χ2n) is 4.54. The molecule has 0 saturated heterocycles. The summed E-state index contributed by atoms with van der Waals surface area (Å²) in [7, 11) is 0. The number of rotatable bonds is 3. The van der Waals surface area contributed by atoms with E-state index >= 15 is 0 Å². The molecule has 1 aliphatic rings. The zero-order valence-electron chi connectivity index (χ0n) is 10.4. The van der Waals surface area contributed by atoms with E-state index in [4.69, 9.17) is 5.73 Å². The average molecular weight is 295 g/mol. The van der Waals surface area contributed by atoms with Crippen LogP contribution < -0.4 is 5.73 Å². The molecule has 4 heteroatoms. The Morgan fingerprint density at radius 1 is 1.28 bits per heavy atom.